The minimum atomic E-state index is -0.269. The predicted octanol–water partition coefficient (Wildman–Crippen LogP) is 6.52. The predicted molar refractivity (Wildman–Crippen MR) is 158 cm³/mol. The van der Waals surface area contributed by atoms with Gasteiger partial charge >= 0.3 is 0 Å². The molecule has 1 aliphatic rings. The van der Waals surface area contributed by atoms with Crippen LogP contribution in [0, 0.1) is 6.92 Å². The number of benzene rings is 2. The van der Waals surface area contributed by atoms with Crippen LogP contribution in [-0.4, -0.2) is 59.3 Å². The van der Waals surface area contributed by atoms with Crippen molar-refractivity contribution >= 4 is 17.5 Å². The van der Waals surface area contributed by atoms with E-state index in [9.17, 15) is 9.90 Å². The zero-order valence-electron chi connectivity index (χ0n) is 23.3. The van der Waals surface area contributed by atoms with Gasteiger partial charge in [-0.05, 0) is 87.5 Å². The van der Waals surface area contributed by atoms with Crippen LogP contribution < -0.4 is 10.1 Å². The smallest absolute Gasteiger partial charge is 0.270 e. The molecular formula is C32H40ClN3O3. The number of amides is 1. The molecule has 0 radical (unpaired) electrons. The van der Waals surface area contributed by atoms with Gasteiger partial charge in [-0.2, -0.15) is 0 Å². The Morgan fingerprint density at radius 2 is 1.79 bits per heavy atom. The van der Waals surface area contributed by atoms with Crippen LogP contribution in [0.5, 0.6) is 5.75 Å². The zero-order valence-corrected chi connectivity index (χ0v) is 24.0. The Balaban J connectivity index is 1.62. The van der Waals surface area contributed by atoms with Gasteiger partial charge in [-0.25, -0.2) is 4.98 Å². The Bertz CT molecular complexity index is 1250. The first-order chi connectivity index (χ1) is 18.9. The Kier molecular flexibility index (Phi) is 10.4. The van der Waals surface area contributed by atoms with E-state index < -0.39 is 0 Å². The SMILES string of the molecule is CCN(CC)CCCOc1cc(-c2nc(C(=O)NC3CCC(O)CC3)ccc2-c2ccccc2C)ccc1Cl. The second kappa shape index (κ2) is 13.9. The Hall–Kier alpha value is -2.93. The molecular weight excluding hydrogens is 510 g/mol. The Morgan fingerprint density at radius 3 is 2.51 bits per heavy atom. The molecule has 0 atom stereocenters. The van der Waals surface area contributed by atoms with E-state index in [2.05, 4.69) is 43.1 Å². The average Bonchev–Trinajstić information content (AvgIpc) is 2.95. The van der Waals surface area contributed by atoms with Gasteiger partial charge < -0.3 is 20.1 Å². The van der Waals surface area contributed by atoms with Gasteiger partial charge in [0, 0.05) is 23.7 Å². The van der Waals surface area contributed by atoms with Crippen LogP contribution in [0.25, 0.3) is 22.4 Å². The van der Waals surface area contributed by atoms with Crippen molar-refractivity contribution in [3.63, 3.8) is 0 Å². The summed E-state index contributed by atoms with van der Waals surface area (Å²) in [6.45, 7) is 9.98. The van der Waals surface area contributed by atoms with E-state index in [1.54, 1.807) is 6.07 Å². The van der Waals surface area contributed by atoms with Gasteiger partial charge in [-0.15, -0.1) is 0 Å². The van der Waals surface area contributed by atoms with Crippen molar-refractivity contribution in [2.75, 3.05) is 26.2 Å². The number of aliphatic hydroxyl groups excluding tert-OH is 1. The fourth-order valence-corrected chi connectivity index (χ4v) is 5.32. The molecule has 4 rings (SSSR count). The number of nitrogens with zero attached hydrogens (tertiary/aromatic N) is 2. The van der Waals surface area contributed by atoms with E-state index in [4.69, 9.17) is 21.3 Å². The number of aryl methyl sites for hydroxylation is 1. The maximum absolute atomic E-state index is 13.2. The molecule has 1 heterocycles. The number of ether oxygens (including phenoxy) is 1. The van der Waals surface area contributed by atoms with Crippen molar-refractivity contribution in [1.82, 2.24) is 15.2 Å². The lowest BCUT2D eigenvalue weighted by molar-refractivity contribution is 0.0863. The van der Waals surface area contributed by atoms with E-state index in [1.807, 2.05) is 36.4 Å². The summed E-state index contributed by atoms with van der Waals surface area (Å²) in [7, 11) is 0. The van der Waals surface area contributed by atoms with Crippen LogP contribution in [0.3, 0.4) is 0 Å². The average molecular weight is 550 g/mol. The van der Waals surface area contributed by atoms with E-state index in [1.165, 1.54) is 0 Å². The molecule has 1 fully saturated rings. The molecule has 1 amide bonds. The van der Waals surface area contributed by atoms with Crippen LogP contribution in [0.15, 0.2) is 54.6 Å². The molecule has 0 bridgehead atoms. The van der Waals surface area contributed by atoms with E-state index in [0.29, 0.717) is 41.6 Å². The number of aromatic nitrogens is 1. The molecule has 2 N–H and O–H groups in total. The highest BCUT2D eigenvalue weighted by molar-refractivity contribution is 6.32. The molecule has 1 aromatic heterocycles. The van der Waals surface area contributed by atoms with Crippen LogP contribution in [0.2, 0.25) is 5.02 Å². The molecule has 1 saturated carbocycles. The summed E-state index contributed by atoms with van der Waals surface area (Å²) in [5.41, 5.74) is 5.04. The highest BCUT2D eigenvalue weighted by atomic mass is 35.5. The molecule has 1 aliphatic carbocycles. The number of pyridine rings is 1. The fourth-order valence-electron chi connectivity index (χ4n) is 5.15. The molecule has 2 aromatic carbocycles. The summed E-state index contributed by atoms with van der Waals surface area (Å²) < 4.78 is 6.11. The van der Waals surface area contributed by atoms with Crippen LogP contribution in [0.1, 0.15) is 62.0 Å². The van der Waals surface area contributed by atoms with Crippen molar-refractivity contribution in [2.24, 2.45) is 0 Å². The van der Waals surface area contributed by atoms with Gasteiger partial charge in [-0.1, -0.05) is 55.8 Å². The molecule has 0 aliphatic heterocycles. The number of carbonyl (C=O) groups is 1. The summed E-state index contributed by atoms with van der Waals surface area (Å²) in [4.78, 5) is 20.5. The highest BCUT2D eigenvalue weighted by Gasteiger charge is 2.23. The maximum Gasteiger partial charge on any atom is 0.270 e. The molecule has 39 heavy (non-hydrogen) atoms. The maximum atomic E-state index is 13.2. The number of halogens is 1. The van der Waals surface area contributed by atoms with Crippen LogP contribution >= 0.6 is 11.6 Å². The second-order valence-corrected chi connectivity index (χ2v) is 10.7. The third-order valence-electron chi connectivity index (χ3n) is 7.57. The van der Waals surface area contributed by atoms with Crippen molar-refractivity contribution < 1.29 is 14.6 Å². The first kappa shape index (κ1) is 29.1. The third-order valence-corrected chi connectivity index (χ3v) is 7.88. The lowest BCUT2D eigenvalue weighted by atomic mass is 9.93. The van der Waals surface area contributed by atoms with Crippen molar-refractivity contribution in [3.05, 3.63) is 70.9 Å². The normalized spacial score (nSPS) is 17.3. The zero-order chi connectivity index (χ0) is 27.8. The Labute approximate surface area is 237 Å². The quantitative estimate of drug-likeness (QED) is 0.266. The number of rotatable bonds is 11. The minimum Gasteiger partial charge on any atom is -0.492 e. The van der Waals surface area contributed by atoms with Gasteiger partial charge in [0.05, 0.1) is 23.4 Å². The molecule has 7 heteroatoms. The monoisotopic (exact) mass is 549 g/mol. The minimum absolute atomic E-state index is 0.0501. The lowest BCUT2D eigenvalue weighted by Gasteiger charge is -2.26. The number of nitrogens with one attached hydrogen (secondary N) is 1. The van der Waals surface area contributed by atoms with Crippen molar-refractivity contribution in [3.8, 4) is 28.1 Å². The van der Waals surface area contributed by atoms with Crippen molar-refractivity contribution in [2.45, 2.75) is 65.0 Å². The lowest BCUT2D eigenvalue weighted by Crippen LogP contribution is -2.38. The first-order valence-corrected chi connectivity index (χ1v) is 14.5. The number of hydrogen-bond acceptors (Lipinski definition) is 5. The molecule has 0 unspecified atom stereocenters. The molecule has 0 spiro atoms. The summed E-state index contributed by atoms with van der Waals surface area (Å²) in [6.07, 6.45) is 3.59. The largest absolute Gasteiger partial charge is 0.492 e. The van der Waals surface area contributed by atoms with E-state index in [0.717, 1.165) is 61.2 Å². The number of aliphatic hydroxyl groups is 1. The van der Waals surface area contributed by atoms with Gasteiger partial charge in [0.1, 0.15) is 11.4 Å². The second-order valence-electron chi connectivity index (χ2n) is 10.3. The van der Waals surface area contributed by atoms with E-state index in [-0.39, 0.29) is 18.1 Å². The fraction of sp³-hybridized carbons (Fsp3) is 0.438. The van der Waals surface area contributed by atoms with Gasteiger partial charge in [0.25, 0.3) is 5.91 Å². The van der Waals surface area contributed by atoms with Gasteiger partial charge in [-0.3, -0.25) is 4.79 Å². The van der Waals surface area contributed by atoms with E-state index >= 15 is 0 Å². The van der Waals surface area contributed by atoms with Crippen LogP contribution in [-0.2, 0) is 0 Å². The molecule has 208 valence electrons. The standard InChI is InChI=1S/C32H40ClN3O3/c1-4-36(5-2)19-8-20-39-30-21-23(11-17-28(30)33)31-27(26-10-7-6-9-22(26)3)16-18-29(35-31)32(38)34-24-12-14-25(37)15-13-24/h6-7,9-11,16-18,21,24-25,37H,4-5,8,12-15,19-20H2,1-3H3,(H,34,38). The number of carbonyl (C=O) groups excluding carboxylic acids is 1. The summed E-state index contributed by atoms with van der Waals surface area (Å²) >= 11 is 6.52. The van der Waals surface area contributed by atoms with Crippen LogP contribution in [0.4, 0.5) is 0 Å². The number of hydrogen-bond donors (Lipinski definition) is 2. The Morgan fingerprint density at radius 1 is 1.05 bits per heavy atom. The third kappa shape index (κ3) is 7.59. The molecule has 3 aromatic rings. The topological polar surface area (TPSA) is 74.7 Å². The highest BCUT2D eigenvalue weighted by Crippen LogP contribution is 2.36. The summed E-state index contributed by atoms with van der Waals surface area (Å²) in [5.74, 6) is 0.415. The molecule has 0 saturated heterocycles. The molecule has 6 nitrogen and oxygen atoms in total. The first-order valence-electron chi connectivity index (χ1n) is 14.1. The van der Waals surface area contributed by atoms with Crippen molar-refractivity contribution in [1.29, 1.82) is 0 Å². The summed E-state index contributed by atoms with van der Waals surface area (Å²) in [6, 6.07) is 17.7. The van der Waals surface area contributed by atoms with Gasteiger partial charge in [0.2, 0.25) is 0 Å². The van der Waals surface area contributed by atoms with Gasteiger partial charge in [0.15, 0.2) is 0 Å². The summed E-state index contributed by atoms with van der Waals surface area (Å²) in [5, 5.41) is 13.5.